The third-order valence-corrected chi connectivity index (χ3v) is 4.02. The average Bonchev–Trinajstić information content (AvgIpc) is 3.09. The molecule has 2 aromatic rings. The number of aromatic nitrogens is 1. The first kappa shape index (κ1) is 18.7. The molecular formula is C19H25N3O3. The first-order valence-electron chi connectivity index (χ1n) is 8.74. The summed E-state index contributed by atoms with van der Waals surface area (Å²) in [5, 5.41) is 22.8. The predicted octanol–water partition coefficient (Wildman–Crippen LogP) is 4.36. The van der Waals surface area contributed by atoms with Crippen molar-refractivity contribution in [1.82, 2.24) is 5.16 Å². The topological polar surface area (TPSA) is 82.5 Å². The summed E-state index contributed by atoms with van der Waals surface area (Å²) in [6.07, 6.45) is 3.33. The summed E-state index contributed by atoms with van der Waals surface area (Å²) in [6.45, 7) is 6.37. The van der Waals surface area contributed by atoms with Crippen LogP contribution in [0.1, 0.15) is 39.5 Å². The first-order chi connectivity index (χ1) is 12.2. The van der Waals surface area contributed by atoms with Crippen LogP contribution in [0.4, 0.5) is 5.82 Å². The molecule has 0 atom stereocenters. The summed E-state index contributed by atoms with van der Waals surface area (Å²) in [5.41, 5.74) is 0.590. The SMILES string of the molecule is CCN(CC)c1cc(-c2ccc(OCCCCCC#N)cc2O)on1. The molecular weight excluding hydrogens is 318 g/mol. The molecule has 134 valence electrons. The lowest BCUT2D eigenvalue weighted by Crippen LogP contribution is -2.21. The highest BCUT2D eigenvalue weighted by Gasteiger charge is 2.14. The van der Waals surface area contributed by atoms with Crippen LogP contribution < -0.4 is 9.64 Å². The Kier molecular flexibility index (Phi) is 7.15. The third kappa shape index (κ3) is 5.15. The van der Waals surface area contributed by atoms with Gasteiger partial charge < -0.3 is 19.3 Å². The monoisotopic (exact) mass is 343 g/mol. The molecule has 0 saturated heterocycles. The summed E-state index contributed by atoms with van der Waals surface area (Å²) in [6, 6.07) is 9.13. The van der Waals surface area contributed by atoms with Crippen LogP contribution in [0.5, 0.6) is 11.5 Å². The lowest BCUT2D eigenvalue weighted by Gasteiger charge is -2.15. The number of rotatable bonds is 10. The van der Waals surface area contributed by atoms with Gasteiger partial charge in [0.15, 0.2) is 11.6 Å². The van der Waals surface area contributed by atoms with Crippen molar-refractivity contribution < 1.29 is 14.4 Å². The zero-order chi connectivity index (χ0) is 18.1. The largest absolute Gasteiger partial charge is 0.507 e. The number of ether oxygens (including phenoxy) is 1. The fourth-order valence-electron chi connectivity index (χ4n) is 2.57. The summed E-state index contributed by atoms with van der Waals surface area (Å²) in [5.74, 6) is 2.01. The molecule has 1 N–H and O–H groups in total. The second-order valence-corrected chi connectivity index (χ2v) is 5.72. The van der Waals surface area contributed by atoms with Crippen molar-refractivity contribution in [2.75, 3.05) is 24.6 Å². The van der Waals surface area contributed by atoms with Gasteiger partial charge in [-0.2, -0.15) is 5.26 Å². The predicted molar refractivity (Wildman–Crippen MR) is 96.7 cm³/mol. The van der Waals surface area contributed by atoms with E-state index in [1.807, 2.05) is 12.1 Å². The van der Waals surface area contributed by atoms with E-state index < -0.39 is 0 Å². The second kappa shape index (κ2) is 9.58. The zero-order valence-electron chi connectivity index (χ0n) is 14.9. The van der Waals surface area contributed by atoms with Gasteiger partial charge in [-0.1, -0.05) is 5.16 Å². The number of hydrogen-bond donors (Lipinski definition) is 1. The fourth-order valence-corrected chi connectivity index (χ4v) is 2.57. The van der Waals surface area contributed by atoms with Gasteiger partial charge in [0.05, 0.1) is 18.2 Å². The van der Waals surface area contributed by atoms with Gasteiger partial charge >= 0.3 is 0 Å². The molecule has 0 amide bonds. The normalized spacial score (nSPS) is 10.4. The van der Waals surface area contributed by atoms with Crippen LogP contribution in [-0.4, -0.2) is 30.0 Å². The Hall–Kier alpha value is -2.68. The van der Waals surface area contributed by atoms with Crippen molar-refractivity contribution in [1.29, 1.82) is 5.26 Å². The van der Waals surface area contributed by atoms with E-state index in [4.69, 9.17) is 14.5 Å². The fraction of sp³-hybridized carbons (Fsp3) is 0.474. The van der Waals surface area contributed by atoms with Crippen LogP contribution in [-0.2, 0) is 0 Å². The molecule has 0 radical (unpaired) electrons. The minimum atomic E-state index is 0.101. The number of nitrogens with zero attached hydrogens (tertiary/aromatic N) is 3. The third-order valence-electron chi connectivity index (χ3n) is 4.02. The van der Waals surface area contributed by atoms with E-state index >= 15 is 0 Å². The number of benzene rings is 1. The number of hydrogen-bond acceptors (Lipinski definition) is 6. The molecule has 0 unspecified atom stereocenters. The minimum absolute atomic E-state index is 0.101. The Balaban J connectivity index is 1.96. The number of anilines is 1. The van der Waals surface area contributed by atoms with Gasteiger partial charge in [0.1, 0.15) is 11.5 Å². The molecule has 1 aromatic heterocycles. The molecule has 0 aliphatic rings. The number of phenols is 1. The summed E-state index contributed by atoms with van der Waals surface area (Å²) in [7, 11) is 0. The van der Waals surface area contributed by atoms with E-state index in [9.17, 15) is 5.11 Å². The van der Waals surface area contributed by atoms with Crippen LogP contribution in [0.25, 0.3) is 11.3 Å². The average molecular weight is 343 g/mol. The van der Waals surface area contributed by atoms with Gasteiger partial charge in [0.2, 0.25) is 0 Å². The zero-order valence-corrected chi connectivity index (χ0v) is 14.9. The quantitative estimate of drug-likeness (QED) is 0.646. The van der Waals surface area contributed by atoms with Crippen LogP contribution in [0.2, 0.25) is 0 Å². The molecule has 1 aromatic carbocycles. The molecule has 2 rings (SSSR count). The van der Waals surface area contributed by atoms with E-state index in [1.165, 1.54) is 0 Å². The van der Waals surface area contributed by atoms with Gasteiger partial charge in [0.25, 0.3) is 0 Å². The highest BCUT2D eigenvalue weighted by atomic mass is 16.5. The molecule has 0 aliphatic heterocycles. The Bertz CT molecular complexity index is 702. The van der Waals surface area contributed by atoms with Gasteiger partial charge in [-0.3, -0.25) is 0 Å². The Labute approximate surface area is 148 Å². The van der Waals surface area contributed by atoms with Crippen molar-refractivity contribution in [2.45, 2.75) is 39.5 Å². The van der Waals surface area contributed by atoms with Gasteiger partial charge in [-0.15, -0.1) is 0 Å². The molecule has 0 saturated carbocycles. The van der Waals surface area contributed by atoms with Gasteiger partial charge in [-0.05, 0) is 45.2 Å². The van der Waals surface area contributed by atoms with Crippen LogP contribution in [0, 0.1) is 11.3 Å². The first-order valence-corrected chi connectivity index (χ1v) is 8.74. The Morgan fingerprint density at radius 3 is 2.68 bits per heavy atom. The van der Waals surface area contributed by atoms with Crippen molar-refractivity contribution in [3.05, 3.63) is 24.3 Å². The molecule has 25 heavy (non-hydrogen) atoms. The van der Waals surface area contributed by atoms with E-state index in [0.717, 1.165) is 38.2 Å². The van der Waals surface area contributed by atoms with E-state index in [1.54, 1.807) is 12.1 Å². The van der Waals surface area contributed by atoms with Crippen LogP contribution >= 0.6 is 0 Å². The molecule has 0 aliphatic carbocycles. The van der Waals surface area contributed by atoms with E-state index in [-0.39, 0.29) is 5.75 Å². The molecule has 0 spiro atoms. The molecule has 0 fully saturated rings. The lowest BCUT2D eigenvalue weighted by atomic mass is 10.1. The number of aromatic hydroxyl groups is 1. The Morgan fingerprint density at radius 2 is 2.00 bits per heavy atom. The molecule has 0 bridgehead atoms. The second-order valence-electron chi connectivity index (χ2n) is 5.72. The summed E-state index contributed by atoms with van der Waals surface area (Å²) >= 11 is 0. The molecule has 6 nitrogen and oxygen atoms in total. The maximum atomic E-state index is 10.3. The number of nitriles is 1. The summed E-state index contributed by atoms with van der Waals surface area (Å²) in [4.78, 5) is 2.08. The lowest BCUT2D eigenvalue weighted by molar-refractivity contribution is 0.304. The van der Waals surface area contributed by atoms with Crippen molar-refractivity contribution >= 4 is 5.82 Å². The summed E-state index contributed by atoms with van der Waals surface area (Å²) < 4.78 is 11.0. The number of phenolic OH excluding ortho intramolecular Hbond substituents is 1. The highest BCUT2D eigenvalue weighted by molar-refractivity contribution is 5.68. The van der Waals surface area contributed by atoms with E-state index in [2.05, 4.69) is 30.0 Å². The molecule has 6 heteroatoms. The van der Waals surface area contributed by atoms with Crippen molar-refractivity contribution in [3.63, 3.8) is 0 Å². The van der Waals surface area contributed by atoms with Crippen LogP contribution in [0.3, 0.4) is 0 Å². The van der Waals surface area contributed by atoms with Gasteiger partial charge in [0, 0.05) is 31.6 Å². The van der Waals surface area contributed by atoms with Crippen molar-refractivity contribution in [3.8, 4) is 28.9 Å². The smallest absolute Gasteiger partial charge is 0.172 e. The minimum Gasteiger partial charge on any atom is -0.507 e. The standard InChI is InChI=1S/C19H25N3O3/c1-3-22(4-2)19-14-18(25-21-19)16-10-9-15(13-17(16)23)24-12-8-6-5-7-11-20/h9-10,13-14,23H,3-8,12H2,1-2H3. The number of unbranched alkanes of at least 4 members (excludes halogenated alkanes) is 3. The van der Waals surface area contributed by atoms with Crippen molar-refractivity contribution in [2.24, 2.45) is 0 Å². The Morgan fingerprint density at radius 1 is 1.20 bits per heavy atom. The highest BCUT2D eigenvalue weighted by Crippen LogP contribution is 2.34. The maximum Gasteiger partial charge on any atom is 0.172 e. The maximum absolute atomic E-state index is 10.3. The molecule has 1 heterocycles. The van der Waals surface area contributed by atoms with Gasteiger partial charge in [-0.25, -0.2) is 0 Å². The van der Waals surface area contributed by atoms with E-state index in [0.29, 0.717) is 30.1 Å². The van der Waals surface area contributed by atoms with Crippen LogP contribution in [0.15, 0.2) is 28.8 Å².